The maximum atomic E-state index is 3.51. The third-order valence-corrected chi connectivity index (χ3v) is 6.27. The van der Waals surface area contributed by atoms with Crippen LogP contribution in [0.1, 0.15) is 97.3 Å². The SMILES string of the molecule is CCCCC[C@H]1CC[C@H](C=CC#C[C@H]2CC[C@H](CC)CC2)CC1. The first kappa shape index (κ1) is 18.6. The van der Waals surface area contributed by atoms with Gasteiger partial charge in [-0.05, 0) is 75.2 Å². The van der Waals surface area contributed by atoms with Crippen LogP contribution in [0.15, 0.2) is 12.2 Å². The van der Waals surface area contributed by atoms with Gasteiger partial charge in [-0.2, -0.15) is 0 Å². The number of allylic oxidation sites excluding steroid dienone is 2. The molecular weight excluding hydrogens is 276 g/mol. The van der Waals surface area contributed by atoms with Crippen molar-refractivity contribution in [3.05, 3.63) is 12.2 Å². The van der Waals surface area contributed by atoms with E-state index in [4.69, 9.17) is 0 Å². The molecule has 0 aromatic carbocycles. The van der Waals surface area contributed by atoms with Gasteiger partial charge in [0.15, 0.2) is 0 Å². The second kappa shape index (κ2) is 11.0. The Kier molecular flexibility index (Phi) is 8.88. The number of rotatable bonds is 6. The molecule has 23 heavy (non-hydrogen) atoms. The Morgan fingerprint density at radius 1 is 0.826 bits per heavy atom. The minimum atomic E-state index is 0.678. The molecule has 0 bridgehead atoms. The van der Waals surface area contributed by atoms with Crippen LogP contribution in [0.5, 0.6) is 0 Å². The summed E-state index contributed by atoms with van der Waals surface area (Å²) < 4.78 is 0. The Bertz CT molecular complexity index is 378. The molecule has 0 nitrogen and oxygen atoms in total. The highest BCUT2D eigenvalue weighted by atomic mass is 14.2. The minimum Gasteiger partial charge on any atom is -0.0951 e. The van der Waals surface area contributed by atoms with Crippen LogP contribution in [-0.4, -0.2) is 0 Å². The molecule has 2 fully saturated rings. The van der Waals surface area contributed by atoms with Crippen LogP contribution in [0.3, 0.4) is 0 Å². The lowest BCUT2D eigenvalue weighted by Crippen LogP contribution is -2.13. The Balaban J connectivity index is 1.61. The zero-order chi connectivity index (χ0) is 16.3. The van der Waals surface area contributed by atoms with Gasteiger partial charge in [-0.3, -0.25) is 0 Å². The van der Waals surface area contributed by atoms with Gasteiger partial charge >= 0.3 is 0 Å². The van der Waals surface area contributed by atoms with E-state index in [2.05, 4.69) is 37.8 Å². The third-order valence-electron chi connectivity index (χ3n) is 6.27. The quantitative estimate of drug-likeness (QED) is 0.361. The molecule has 0 spiro atoms. The molecule has 0 atom stereocenters. The summed E-state index contributed by atoms with van der Waals surface area (Å²) in [6, 6.07) is 0. The van der Waals surface area contributed by atoms with Gasteiger partial charge in [-0.1, -0.05) is 63.9 Å². The summed E-state index contributed by atoms with van der Waals surface area (Å²) in [5.41, 5.74) is 0. The summed E-state index contributed by atoms with van der Waals surface area (Å²) in [6.45, 7) is 4.64. The number of hydrogen-bond acceptors (Lipinski definition) is 0. The van der Waals surface area contributed by atoms with Crippen LogP contribution < -0.4 is 0 Å². The highest BCUT2D eigenvalue weighted by molar-refractivity contribution is 5.18. The molecule has 0 aliphatic heterocycles. The molecule has 0 aromatic rings. The molecule has 130 valence electrons. The van der Waals surface area contributed by atoms with Crippen LogP contribution in [-0.2, 0) is 0 Å². The maximum Gasteiger partial charge on any atom is 0.0206 e. The number of unbranched alkanes of at least 4 members (excludes halogenated alkanes) is 2. The summed E-state index contributed by atoms with van der Waals surface area (Å²) in [5, 5.41) is 0. The fraction of sp³-hybridized carbons (Fsp3) is 0.826. The number of hydrogen-bond donors (Lipinski definition) is 0. The fourth-order valence-corrected chi connectivity index (χ4v) is 4.42. The van der Waals surface area contributed by atoms with E-state index in [9.17, 15) is 0 Å². The summed E-state index contributed by atoms with van der Waals surface area (Å²) in [6.07, 6.45) is 22.8. The molecule has 0 saturated heterocycles. The van der Waals surface area contributed by atoms with E-state index in [0.29, 0.717) is 5.92 Å². The largest absolute Gasteiger partial charge is 0.0951 e. The first-order valence-electron chi connectivity index (χ1n) is 10.5. The Labute approximate surface area is 145 Å². The predicted molar refractivity (Wildman–Crippen MR) is 102 cm³/mol. The lowest BCUT2D eigenvalue weighted by atomic mass is 9.79. The van der Waals surface area contributed by atoms with Crippen molar-refractivity contribution in [2.75, 3.05) is 0 Å². The molecule has 0 heteroatoms. The van der Waals surface area contributed by atoms with Crippen LogP contribution in [0, 0.1) is 35.5 Å². The summed E-state index contributed by atoms with van der Waals surface area (Å²) >= 11 is 0. The van der Waals surface area contributed by atoms with E-state index in [1.807, 2.05) is 0 Å². The van der Waals surface area contributed by atoms with Gasteiger partial charge in [0.05, 0.1) is 0 Å². The van der Waals surface area contributed by atoms with E-state index < -0.39 is 0 Å². The van der Waals surface area contributed by atoms with Crippen molar-refractivity contribution < 1.29 is 0 Å². The van der Waals surface area contributed by atoms with Crippen LogP contribution in [0.25, 0.3) is 0 Å². The summed E-state index contributed by atoms with van der Waals surface area (Å²) in [5.74, 6) is 10.4. The van der Waals surface area contributed by atoms with Gasteiger partial charge in [-0.15, -0.1) is 0 Å². The first-order valence-corrected chi connectivity index (χ1v) is 10.5. The second-order valence-corrected chi connectivity index (χ2v) is 8.05. The maximum absolute atomic E-state index is 3.51. The van der Waals surface area contributed by atoms with E-state index in [1.165, 1.54) is 83.5 Å². The van der Waals surface area contributed by atoms with Crippen molar-refractivity contribution in [3.63, 3.8) is 0 Å². The molecule has 0 aromatic heterocycles. The van der Waals surface area contributed by atoms with Gasteiger partial charge < -0.3 is 0 Å². The molecule has 0 N–H and O–H groups in total. The Morgan fingerprint density at radius 3 is 2.17 bits per heavy atom. The molecule has 0 amide bonds. The summed E-state index contributed by atoms with van der Waals surface area (Å²) in [7, 11) is 0. The Hall–Kier alpha value is -0.700. The van der Waals surface area contributed by atoms with E-state index in [1.54, 1.807) is 0 Å². The molecule has 2 aliphatic rings. The van der Waals surface area contributed by atoms with Crippen LogP contribution >= 0.6 is 0 Å². The van der Waals surface area contributed by atoms with Gasteiger partial charge in [0.2, 0.25) is 0 Å². The van der Waals surface area contributed by atoms with Crippen molar-refractivity contribution >= 4 is 0 Å². The van der Waals surface area contributed by atoms with Gasteiger partial charge in [-0.25, -0.2) is 0 Å². The summed E-state index contributed by atoms with van der Waals surface area (Å²) in [4.78, 5) is 0. The van der Waals surface area contributed by atoms with Gasteiger partial charge in [0.1, 0.15) is 0 Å². The molecule has 0 heterocycles. The Morgan fingerprint density at radius 2 is 1.52 bits per heavy atom. The van der Waals surface area contributed by atoms with Crippen molar-refractivity contribution in [2.45, 2.75) is 97.3 Å². The van der Waals surface area contributed by atoms with Crippen molar-refractivity contribution in [1.29, 1.82) is 0 Å². The second-order valence-electron chi connectivity index (χ2n) is 8.05. The standard InChI is InChI=1S/C23H38/c1-3-5-6-9-21-16-18-23(19-17-21)11-8-7-10-22-14-12-20(4-2)13-15-22/h8,11,20-23H,3-6,9,12-19H2,1-2H3/t20-,21-,22-,23-. The van der Waals surface area contributed by atoms with E-state index in [0.717, 1.165) is 17.8 Å². The zero-order valence-corrected chi connectivity index (χ0v) is 15.7. The lowest BCUT2D eigenvalue weighted by molar-refractivity contribution is 0.289. The predicted octanol–water partition coefficient (Wildman–Crippen LogP) is 7.15. The topological polar surface area (TPSA) is 0 Å². The molecule has 2 saturated carbocycles. The van der Waals surface area contributed by atoms with Crippen LogP contribution in [0.4, 0.5) is 0 Å². The average Bonchev–Trinajstić information content (AvgIpc) is 2.61. The molecule has 2 aliphatic carbocycles. The third kappa shape index (κ3) is 7.15. The van der Waals surface area contributed by atoms with E-state index >= 15 is 0 Å². The van der Waals surface area contributed by atoms with E-state index in [-0.39, 0.29) is 0 Å². The highest BCUT2D eigenvalue weighted by Gasteiger charge is 2.19. The average molecular weight is 315 g/mol. The minimum absolute atomic E-state index is 0.678. The van der Waals surface area contributed by atoms with Crippen LogP contribution in [0.2, 0.25) is 0 Å². The van der Waals surface area contributed by atoms with Gasteiger partial charge in [0.25, 0.3) is 0 Å². The highest BCUT2D eigenvalue weighted by Crippen LogP contribution is 2.33. The van der Waals surface area contributed by atoms with Gasteiger partial charge in [0, 0.05) is 5.92 Å². The normalized spacial score (nSPS) is 31.7. The zero-order valence-electron chi connectivity index (χ0n) is 15.7. The molecule has 2 rings (SSSR count). The molecule has 0 unspecified atom stereocenters. The fourth-order valence-electron chi connectivity index (χ4n) is 4.42. The first-order chi connectivity index (χ1) is 11.3. The molecular formula is C23H38. The van der Waals surface area contributed by atoms with Crippen molar-refractivity contribution in [3.8, 4) is 11.8 Å². The lowest BCUT2D eigenvalue weighted by Gasteiger charge is -2.26. The van der Waals surface area contributed by atoms with Crippen molar-refractivity contribution in [2.24, 2.45) is 23.7 Å². The monoisotopic (exact) mass is 314 g/mol. The van der Waals surface area contributed by atoms with Crippen molar-refractivity contribution in [1.82, 2.24) is 0 Å². The smallest absolute Gasteiger partial charge is 0.0206 e. The molecule has 0 radical (unpaired) electrons.